The molecule has 6 nitrogen and oxygen atoms in total. The fourth-order valence-corrected chi connectivity index (χ4v) is 4.10. The molecule has 2 fully saturated rings. The molecule has 0 aliphatic carbocycles. The molecule has 2 aliphatic rings. The van der Waals surface area contributed by atoms with E-state index in [0.29, 0.717) is 31.7 Å². The van der Waals surface area contributed by atoms with Gasteiger partial charge in [0.25, 0.3) is 5.91 Å². The zero-order valence-electron chi connectivity index (χ0n) is 17.3. The highest BCUT2D eigenvalue weighted by atomic mass is 16.5. The van der Waals surface area contributed by atoms with Crippen LogP contribution in [0.25, 0.3) is 0 Å². The van der Waals surface area contributed by atoms with Gasteiger partial charge in [-0.05, 0) is 29.7 Å². The predicted octanol–water partition coefficient (Wildman–Crippen LogP) is 2.44. The van der Waals surface area contributed by atoms with Crippen LogP contribution in [0.1, 0.15) is 34.3 Å². The van der Waals surface area contributed by atoms with Crippen LogP contribution in [0, 0.1) is 0 Å². The summed E-state index contributed by atoms with van der Waals surface area (Å²) in [5, 5.41) is 3.01. The van der Waals surface area contributed by atoms with Crippen LogP contribution in [0.5, 0.6) is 0 Å². The molecule has 0 spiro atoms. The van der Waals surface area contributed by atoms with Crippen molar-refractivity contribution in [1.29, 1.82) is 0 Å². The Hall–Kier alpha value is -2.70. The van der Waals surface area contributed by atoms with Crippen molar-refractivity contribution in [2.24, 2.45) is 0 Å². The molecule has 1 unspecified atom stereocenters. The van der Waals surface area contributed by atoms with Gasteiger partial charge >= 0.3 is 0 Å². The molecule has 4 rings (SSSR count). The van der Waals surface area contributed by atoms with Crippen molar-refractivity contribution < 1.29 is 14.3 Å². The molecule has 30 heavy (non-hydrogen) atoms. The van der Waals surface area contributed by atoms with Crippen LogP contribution >= 0.6 is 0 Å². The highest BCUT2D eigenvalue weighted by Crippen LogP contribution is 2.15. The van der Waals surface area contributed by atoms with Crippen molar-refractivity contribution in [3.63, 3.8) is 0 Å². The third-order valence-corrected chi connectivity index (χ3v) is 5.70. The van der Waals surface area contributed by atoms with Gasteiger partial charge in [0.1, 0.15) is 0 Å². The minimum Gasteiger partial charge on any atom is -0.374 e. The molecule has 1 N–H and O–H groups in total. The van der Waals surface area contributed by atoms with Crippen molar-refractivity contribution in [2.75, 3.05) is 32.8 Å². The highest BCUT2D eigenvalue weighted by Gasteiger charge is 2.22. The second-order valence-electron chi connectivity index (χ2n) is 8.04. The molecule has 0 radical (unpaired) electrons. The molecule has 2 aromatic rings. The quantitative estimate of drug-likeness (QED) is 0.766. The fraction of sp³-hybridized carbons (Fsp3) is 0.417. The van der Waals surface area contributed by atoms with Crippen LogP contribution in [0.15, 0.2) is 54.6 Å². The summed E-state index contributed by atoms with van der Waals surface area (Å²) >= 11 is 0. The lowest BCUT2D eigenvalue weighted by Gasteiger charge is -2.33. The van der Waals surface area contributed by atoms with Crippen molar-refractivity contribution in [1.82, 2.24) is 15.1 Å². The Balaban J connectivity index is 1.27. The largest absolute Gasteiger partial charge is 0.374 e. The van der Waals surface area contributed by atoms with Gasteiger partial charge in [-0.2, -0.15) is 0 Å². The Morgan fingerprint density at radius 1 is 1.03 bits per heavy atom. The van der Waals surface area contributed by atoms with E-state index < -0.39 is 0 Å². The van der Waals surface area contributed by atoms with Crippen LogP contribution in [-0.2, 0) is 22.6 Å². The second-order valence-corrected chi connectivity index (χ2v) is 8.04. The molecule has 2 aliphatic heterocycles. The van der Waals surface area contributed by atoms with Crippen LogP contribution in [-0.4, -0.2) is 60.5 Å². The number of hydrogen-bond acceptors (Lipinski definition) is 4. The molecule has 0 bridgehead atoms. The average molecular weight is 408 g/mol. The van der Waals surface area contributed by atoms with E-state index >= 15 is 0 Å². The molecular weight excluding hydrogens is 378 g/mol. The second kappa shape index (κ2) is 9.87. The maximum atomic E-state index is 12.7. The predicted molar refractivity (Wildman–Crippen MR) is 115 cm³/mol. The molecule has 158 valence electrons. The monoisotopic (exact) mass is 407 g/mol. The van der Waals surface area contributed by atoms with Gasteiger partial charge in [-0.1, -0.05) is 42.5 Å². The standard InChI is InChI=1S/C24H29N3O3/c28-23-10-5-11-27(23)17-20-8-4-9-21(14-20)24(29)25-15-22-18-26(12-13-30-22)16-19-6-2-1-3-7-19/h1-4,6-9,14,22H,5,10-13,15-18H2,(H,25,29). The Kier molecular flexibility index (Phi) is 6.77. The molecule has 2 saturated heterocycles. The molecular formula is C24H29N3O3. The first-order chi connectivity index (χ1) is 14.7. The van der Waals surface area contributed by atoms with E-state index in [4.69, 9.17) is 4.74 Å². The zero-order chi connectivity index (χ0) is 20.8. The number of nitrogens with one attached hydrogen (secondary N) is 1. The van der Waals surface area contributed by atoms with Crippen LogP contribution in [0.2, 0.25) is 0 Å². The van der Waals surface area contributed by atoms with Gasteiger partial charge in [0.15, 0.2) is 0 Å². The number of morpholine rings is 1. The van der Waals surface area contributed by atoms with Gasteiger partial charge in [0, 0.05) is 51.3 Å². The first-order valence-electron chi connectivity index (χ1n) is 10.7. The number of carbonyl (C=O) groups is 2. The van der Waals surface area contributed by atoms with Gasteiger partial charge < -0.3 is 15.0 Å². The van der Waals surface area contributed by atoms with Crippen LogP contribution in [0.3, 0.4) is 0 Å². The minimum absolute atomic E-state index is 0.0168. The van der Waals surface area contributed by atoms with Gasteiger partial charge in [-0.15, -0.1) is 0 Å². The Morgan fingerprint density at radius 3 is 2.67 bits per heavy atom. The maximum Gasteiger partial charge on any atom is 0.251 e. The smallest absolute Gasteiger partial charge is 0.251 e. The normalized spacial score (nSPS) is 19.8. The summed E-state index contributed by atoms with van der Waals surface area (Å²) in [6, 6.07) is 17.9. The first kappa shape index (κ1) is 20.6. The number of amides is 2. The Labute approximate surface area is 177 Å². The van der Waals surface area contributed by atoms with E-state index in [1.807, 2.05) is 35.2 Å². The van der Waals surface area contributed by atoms with Gasteiger partial charge in [0.2, 0.25) is 5.91 Å². The fourth-order valence-electron chi connectivity index (χ4n) is 4.10. The number of hydrogen-bond donors (Lipinski definition) is 1. The lowest BCUT2D eigenvalue weighted by molar-refractivity contribution is -0.128. The summed E-state index contributed by atoms with van der Waals surface area (Å²) in [5.41, 5.74) is 2.90. The van der Waals surface area contributed by atoms with E-state index in [2.05, 4.69) is 34.5 Å². The summed E-state index contributed by atoms with van der Waals surface area (Å²) in [4.78, 5) is 28.7. The van der Waals surface area contributed by atoms with Crippen molar-refractivity contribution in [2.45, 2.75) is 32.0 Å². The van der Waals surface area contributed by atoms with Gasteiger partial charge in [-0.25, -0.2) is 0 Å². The molecule has 1 atom stereocenters. The van der Waals surface area contributed by atoms with E-state index in [9.17, 15) is 9.59 Å². The topological polar surface area (TPSA) is 61.9 Å². The molecule has 2 heterocycles. The maximum absolute atomic E-state index is 12.7. The highest BCUT2D eigenvalue weighted by molar-refractivity contribution is 5.94. The summed E-state index contributed by atoms with van der Waals surface area (Å²) < 4.78 is 5.86. The first-order valence-corrected chi connectivity index (χ1v) is 10.7. The van der Waals surface area contributed by atoms with E-state index in [1.54, 1.807) is 0 Å². The van der Waals surface area contributed by atoms with Crippen molar-refractivity contribution in [3.05, 3.63) is 71.3 Å². The molecule has 0 aromatic heterocycles. The molecule has 0 saturated carbocycles. The summed E-state index contributed by atoms with van der Waals surface area (Å²) in [6.07, 6.45) is 1.53. The zero-order valence-corrected chi connectivity index (χ0v) is 17.3. The number of ether oxygens (including phenoxy) is 1. The SMILES string of the molecule is O=C(NCC1CN(Cc2ccccc2)CCO1)c1cccc(CN2CCCC2=O)c1. The third-order valence-electron chi connectivity index (χ3n) is 5.70. The molecule has 6 heteroatoms. The number of rotatable bonds is 7. The number of benzene rings is 2. The summed E-state index contributed by atoms with van der Waals surface area (Å²) in [7, 11) is 0. The van der Waals surface area contributed by atoms with Crippen LogP contribution < -0.4 is 5.32 Å². The summed E-state index contributed by atoms with van der Waals surface area (Å²) in [5.74, 6) is 0.0905. The number of likely N-dealkylation sites (tertiary alicyclic amines) is 1. The van der Waals surface area contributed by atoms with Gasteiger partial charge in [0.05, 0.1) is 12.7 Å². The lowest BCUT2D eigenvalue weighted by Crippen LogP contribution is -2.47. The average Bonchev–Trinajstić information content (AvgIpc) is 3.17. The Morgan fingerprint density at radius 2 is 1.87 bits per heavy atom. The van der Waals surface area contributed by atoms with E-state index in [0.717, 1.165) is 38.2 Å². The summed E-state index contributed by atoms with van der Waals surface area (Å²) in [6.45, 7) is 5.12. The van der Waals surface area contributed by atoms with Crippen molar-refractivity contribution in [3.8, 4) is 0 Å². The van der Waals surface area contributed by atoms with Crippen molar-refractivity contribution >= 4 is 11.8 Å². The molecule has 2 aromatic carbocycles. The minimum atomic E-state index is -0.103. The number of carbonyl (C=O) groups excluding carboxylic acids is 2. The number of nitrogens with zero attached hydrogens (tertiary/aromatic N) is 2. The molecule has 2 amide bonds. The lowest BCUT2D eigenvalue weighted by atomic mass is 10.1. The van der Waals surface area contributed by atoms with Crippen LogP contribution in [0.4, 0.5) is 0 Å². The van der Waals surface area contributed by atoms with E-state index in [-0.39, 0.29) is 17.9 Å². The van der Waals surface area contributed by atoms with Gasteiger partial charge in [-0.3, -0.25) is 14.5 Å². The third kappa shape index (κ3) is 5.46. The van der Waals surface area contributed by atoms with E-state index in [1.165, 1.54) is 5.56 Å². The Bertz CT molecular complexity index is 871.